The molecule has 2 nitrogen and oxygen atoms in total. The Balaban J connectivity index is 0.00000224. The van der Waals surface area contributed by atoms with Crippen molar-refractivity contribution in [3.8, 4) is 11.1 Å². The first kappa shape index (κ1) is 52.9. The molecule has 0 fully saturated rings. The summed E-state index contributed by atoms with van der Waals surface area (Å²) >= 11 is 0. The number of hydrogen-bond acceptors (Lipinski definition) is 2. The van der Waals surface area contributed by atoms with Gasteiger partial charge in [0, 0.05) is 30.5 Å². The molecular weight excluding hydrogens is 1060 g/mol. The quantitative estimate of drug-likeness (QED) is 0.109. The van der Waals surface area contributed by atoms with Gasteiger partial charge >= 0.3 is 26.2 Å². The maximum atomic E-state index is 8.07. The van der Waals surface area contributed by atoms with Crippen LogP contribution in [0.5, 0.6) is 0 Å². The van der Waals surface area contributed by atoms with Crippen molar-refractivity contribution in [1.82, 2.24) is 0 Å². The van der Waals surface area contributed by atoms with Gasteiger partial charge in [0.1, 0.15) is 0 Å². The van der Waals surface area contributed by atoms with Crippen LogP contribution in [0.2, 0.25) is 0 Å². The van der Waals surface area contributed by atoms with Crippen molar-refractivity contribution in [1.29, 1.82) is 0 Å². The Morgan fingerprint density at radius 2 is 0.689 bits per heavy atom. The number of halogens is 2. The van der Waals surface area contributed by atoms with Crippen LogP contribution in [0.4, 0.5) is 0 Å². The smallest absolute Gasteiger partial charge is 1.00 e. The van der Waals surface area contributed by atoms with Gasteiger partial charge in [-0.2, -0.15) is 0 Å². The van der Waals surface area contributed by atoms with E-state index in [0.717, 1.165) is 12.8 Å². The summed E-state index contributed by atoms with van der Waals surface area (Å²) in [6, 6.07) is 94.0. The van der Waals surface area contributed by atoms with E-state index < -0.39 is 22.0 Å². The summed E-state index contributed by atoms with van der Waals surface area (Å²) in [7, 11) is -6.22. The molecule has 0 aromatic heterocycles. The molecule has 0 spiro atoms. The predicted molar refractivity (Wildman–Crippen MR) is 300 cm³/mol. The Hall–Kier alpha value is -5.98. The normalized spacial score (nSPS) is 14.4. The second-order valence-electron chi connectivity index (χ2n) is 19.2. The molecule has 12 rings (SSSR count). The third kappa shape index (κ3) is 9.22. The molecule has 0 amide bonds. The van der Waals surface area contributed by atoms with Crippen LogP contribution >= 0.6 is 0 Å². The van der Waals surface area contributed by atoms with E-state index in [1.165, 1.54) is 75.0 Å². The van der Waals surface area contributed by atoms with Gasteiger partial charge in [-0.15, -0.1) is 0 Å². The zero-order chi connectivity index (χ0) is 47.5. The molecule has 0 saturated carbocycles. The topological polar surface area (TPSA) is 18.5 Å². The molecule has 3 aliphatic carbocycles. The molecule has 0 aliphatic heterocycles. The monoisotopic (exact) mass is 1110 g/mol. The van der Waals surface area contributed by atoms with Gasteiger partial charge in [0.2, 0.25) is 0 Å². The molecule has 0 saturated heterocycles. The molecule has 3 aliphatic rings. The molecule has 362 valence electrons. The van der Waals surface area contributed by atoms with Crippen LogP contribution in [0.1, 0.15) is 29.9 Å². The van der Waals surface area contributed by atoms with Crippen LogP contribution in [-0.4, -0.2) is 29.8 Å². The minimum Gasteiger partial charge on any atom is -1.00 e. The minimum absolute atomic E-state index is 0. The second-order valence-corrected chi connectivity index (χ2v) is 25.9. The number of fused-ring (bicyclic) bond motifs is 5. The Morgan fingerprint density at radius 3 is 1.07 bits per heavy atom. The van der Waals surface area contributed by atoms with Gasteiger partial charge < -0.3 is 33.7 Å². The largest absolute Gasteiger partial charge is 2.00 e. The molecule has 1 unspecified atom stereocenters. The van der Waals surface area contributed by atoms with Crippen molar-refractivity contribution in [2.24, 2.45) is 11.3 Å². The summed E-state index contributed by atoms with van der Waals surface area (Å²) in [5.41, 5.74) is 7.71. The van der Waals surface area contributed by atoms with Gasteiger partial charge in [0.25, 0.3) is 16.6 Å². The van der Waals surface area contributed by atoms with Gasteiger partial charge in [0.15, 0.2) is 0 Å². The van der Waals surface area contributed by atoms with E-state index in [1.54, 1.807) is 0 Å². The second kappa shape index (κ2) is 23.3. The number of benzene rings is 9. The molecule has 0 heterocycles. The fourth-order valence-electron chi connectivity index (χ4n) is 12.7. The Bertz CT molecular complexity index is 3130. The van der Waals surface area contributed by atoms with Crippen molar-refractivity contribution in [2.75, 3.05) is 13.2 Å². The van der Waals surface area contributed by atoms with Crippen molar-refractivity contribution >= 4 is 58.9 Å². The zero-order valence-electron chi connectivity index (χ0n) is 41.1. The molecule has 7 heteroatoms. The number of allylic oxidation sites excluding steroid dienone is 4. The molecule has 1 atom stereocenters. The zero-order valence-corrected chi connectivity index (χ0v) is 47.1. The van der Waals surface area contributed by atoms with Crippen LogP contribution < -0.4 is 66.4 Å². The third-order valence-electron chi connectivity index (χ3n) is 15.6. The van der Waals surface area contributed by atoms with Gasteiger partial charge in [-0.1, -0.05) is 279 Å². The van der Waals surface area contributed by atoms with Crippen LogP contribution in [0, 0.1) is 11.3 Å². The molecule has 0 radical (unpaired) electrons. The standard InChI is InChI=1S/C67H56O2Si2.2ClH.Zr/c1-7-27-51(28-8-1)70(52-29-9-2-10-30-52,53-31-11-3-12-32-53)68-49-47-67(65-61-43-23-19-39-57(61)58-40-20-24-44-62(58)65,66-63-45-25-21-41-59(63)60-42-22-26-46-64(60)66)48-50-69-71(54-33-13-4-14-34-54,55-35-15-5-16-36-55)56-37-17-6-18-38-56;;;/h1-46,61,66H,47-50H2;2*1H;/q;;;+2/p-2. The Morgan fingerprint density at radius 1 is 0.365 bits per heavy atom. The summed E-state index contributed by atoms with van der Waals surface area (Å²) in [5.74, 6) is 0.0855. The fourth-order valence-corrected chi connectivity index (χ4v) is 20.5. The number of rotatable bonds is 16. The van der Waals surface area contributed by atoms with Gasteiger partial charge in [-0.3, -0.25) is 0 Å². The average molecular weight is 1110 g/mol. The van der Waals surface area contributed by atoms with Crippen LogP contribution in [0.25, 0.3) is 22.3 Å². The van der Waals surface area contributed by atoms with E-state index in [-0.39, 0.29) is 62.9 Å². The first-order valence-electron chi connectivity index (χ1n) is 25.2. The van der Waals surface area contributed by atoms with Crippen molar-refractivity contribution in [2.45, 2.75) is 18.8 Å². The summed E-state index contributed by atoms with van der Waals surface area (Å²) < 4.78 is 16.1. The van der Waals surface area contributed by atoms with Crippen LogP contribution in [-0.2, 0) is 35.1 Å². The van der Waals surface area contributed by atoms with Crippen LogP contribution in [0.3, 0.4) is 0 Å². The first-order chi connectivity index (χ1) is 35.2. The summed E-state index contributed by atoms with van der Waals surface area (Å²) in [5, 5.41) is 10.1. The van der Waals surface area contributed by atoms with E-state index in [4.69, 9.17) is 8.85 Å². The molecule has 0 N–H and O–H groups in total. The third-order valence-corrected chi connectivity index (χ3v) is 23.8. The Kier molecular flexibility index (Phi) is 16.6. The van der Waals surface area contributed by atoms with Gasteiger partial charge in [0.05, 0.1) is 0 Å². The summed E-state index contributed by atoms with van der Waals surface area (Å²) in [4.78, 5) is 0. The SMILES string of the molecule is C1=CC2=c3ccccc3=C(C(CCO[Si](c3ccccc3)(c3ccccc3)c3ccccc3)(CCO[Si](c3ccccc3)(c3ccccc3)c3ccccc3)C3c4ccccc4-c4ccccc43)C2C=C1.[Cl-].[Cl-].[Zr+2]. The maximum Gasteiger partial charge on any atom is 2.00 e. The Labute approximate surface area is 470 Å². The van der Waals surface area contributed by atoms with E-state index >= 15 is 0 Å². The van der Waals surface area contributed by atoms with E-state index in [9.17, 15) is 0 Å². The molecule has 9 aromatic carbocycles. The predicted octanol–water partition coefficient (Wildman–Crippen LogP) is 3.70. The van der Waals surface area contributed by atoms with E-state index in [2.05, 4.69) is 279 Å². The van der Waals surface area contributed by atoms with Gasteiger partial charge in [-0.05, 0) is 87.8 Å². The average Bonchev–Trinajstić information content (AvgIpc) is 3.98. The van der Waals surface area contributed by atoms with E-state index in [1.807, 2.05) is 0 Å². The molecule has 9 aromatic rings. The molecule has 74 heavy (non-hydrogen) atoms. The van der Waals surface area contributed by atoms with Crippen molar-refractivity contribution in [3.05, 3.63) is 301 Å². The summed E-state index contributed by atoms with van der Waals surface area (Å²) in [6.45, 7) is 1.05. The minimum atomic E-state index is -3.11. The van der Waals surface area contributed by atoms with Crippen molar-refractivity contribution < 1.29 is 59.9 Å². The number of hydrogen-bond donors (Lipinski definition) is 0. The summed E-state index contributed by atoms with van der Waals surface area (Å²) in [6.07, 6.45) is 10.8. The fraction of sp³-hybridized carbons (Fsp3) is 0.104. The van der Waals surface area contributed by atoms with Crippen LogP contribution in [0.15, 0.2) is 279 Å². The first-order valence-corrected chi connectivity index (χ1v) is 29.0. The van der Waals surface area contributed by atoms with Crippen molar-refractivity contribution in [3.63, 3.8) is 0 Å². The van der Waals surface area contributed by atoms with E-state index in [0.29, 0.717) is 13.2 Å². The molecule has 0 bridgehead atoms. The maximum absolute atomic E-state index is 8.07. The molecular formula is C67H56Cl2O2Si2Zr. The van der Waals surface area contributed by atoms with Gasteiger partial charge in [-0.25, -0.2) is 0 Å².